The fourth-order valence-corrected chi connectivity index (χ4v) is 3.17. The van der Waals surface area contributed by atoms with Crippen molar-refractivity contribution in [2.24, 2.45) is 0 Å². The number of hydrogen-bond donors (Lipinski definition) is 1. The molecule has 26 heavy (non-hydrogen) atoms. The van der Waals surface area contributed by atoms with Gasteiger partial charge in [0.2, 0.25) is 0 Å². The maximum atomic E-state index is 12.8. The summed E-state index contributed by atoms with van der Waals surface area (Å²) in [6.07, 6.45) is 2.42. The average Bonchev–Trinajstić information content (AvgIpc) is 3.16. The molecule has 0 unspecified atom stereocenters. The van der Waals surface area contributed by atoms with Crippen molar-refractivity contribution >= 4 is 17.3 Å². The lowest BCUT2D eigenvalue weighted by molar-refractivity contribution is 0.102. The number of hydrogen-bond acceptors (Lipinski definition) is 4. The van der Waals surface area contributed by atoms with E-state index in [0.717, 1.165) is 24.5 Å². The van der Waals surface area contributed by atoms with Crippen LogP contribution in [0.1, 0.15) is 37.0 Å². The minimum Gasteiger partial charge on any atom is -0.493 e. The van der Waals surface area contributed by atoms with Crippen LogP contribution in [-0.4, -0.2) is 32.2 Å². The Morgan fingerprint density at radius 1 is 1.08 bits per heavy atom. The quantitative estimate of drug-likeness (QED) is 0.839. The van der Waals surface area contributed by atoms with Crippen LogP contribution < -0.4 is 19.7 Å². The van der Waals surface area contributed by atoms with E-state index in [1.54, 1.807) is 25.3 Å². The summed E-state index contributed by atoms with van der Waals surface area (Å²) < 4.78 is 11.1. The van der Waals surface area contributed by atoms with E-state index in [9.17, 15) is 4.79 Å². The number of methoxy groups -OCH3 is 1. The van der Waals surface area contributed by atoms with Crippen molar-refractivity contribution in [1.29, 1.82) is 0 Å². The molecule has 1 N–H and O–H groups in total. The Bertz CT molecular complexity index is 768. The Balaban J connectivity index is 1.80. The maximum Gasteiger partial charge on any atom is 0.255 e. The topological polar surface area (TPSA) is 50.8 Å². The Morgan fingerprint density at radius 3 is 2.50 bits per heavy atom. The van der Waals surface area contributed by atoms with Crippen LogP contribution in [0.5, 0.6) is 11.5 Å². The standard InChI is InChI=1S/C21H26N2O3/c1-15(2)26-19-11-10-16(14-20(19)25-3)21(24)22-17-8-4-5-9-18(17)23-12-6-7-13-23/h4-5,8-11,14-15H,6-7,12-13H2,1-3H3,(H,22,24). The molecule has 2 aromatic carbocycles. The lowest BCUT2D eigenvalue weighted by atomic mass is 10.1. The fraction of sp³-hybridized carbons (Fsp3) is 0.381. The van der Waals surface area contributed by atoms with Gasteiger partial charge in [-0.2, -0.15) is 0 Å². The highest BCUT2D eigenvalue weighted by Gasteiger charge is 2.18. The third-order valence-electron chi connectivity index (χ3n) is 4.39. The Labute approximate surface area is 154 Å². The summed E-state index contributed by atoms with van der Waals surface area (Å²) in [6.45, 7) is 5.97. The molecule has 138 valence electrons. The first-order chi connectivity index (χ1) is 12.6. The maximum absolute atomic E-state index is 12.8. The van der Waals surface area contributed by atoms with Gasteiger partial charge < -0.3 is 19.7 Å². The molecule has 1 heterocycles. The monoisotopic (exact) mass is 354 g/mol. The van der Waals surface area contributed by atoms with Crippen LogP contribution in [-0.2, 0) is 0 Å². The van der Waals surface area contributed by atoms with Gasteiger partial charge in [-0.15, -0.1) is 0 Å². The van der Waals surface area contributed by atoms with Crippen molar-refractivity contribution in [1.82, 2.24) is 0 Å². The summed E-state index contributed by atoms with van der Waals surface area (Å²) >= 11 is 0. The highest BCUT2D eigenvalue weighted by molar-refractivity contribution is 6.06. The highest BCUT2D eigenvalue weighted by atomic mass is 16.5. The number of carbonyl (C=O) groups excluding carboxylic acids is 1. The average molecular weight is 354 g/mol. The Morgan fingerprint density at radius 2 is 1.81 bits per heavy atom. The smallest absolute Gasteiger partial charge is 0.255 e. The molecule has 3 rings (SSSR count). The van der Waals surface area contributed by atoms with Crippen molar-refractivity contribution in [3.05, 3.63) is 48.0 Å². The minimum absolute atomic E-state index is 0.0379. The molecule has 0 aliphatic carbocycles. The molecule has 2 aromatic rings. The van der Waals surface area contributed by atoms with Crippen molar-refractivity contribution in [2.75, 3.05) is 30.4 Å². The van der Waals surface area contributed by atoms with E-state index in [-0.39, 0.29) is 12.0 Å². The number of amides is 1. The number of benzene rings is 2. The first-order valence-electron chi connectivity index (χ1n) is 9.08. The number of para-hydroxylation sites is 2. The first kappa shape index (κ1) is 18.1. The van der Waals surface area contributed by atoms with Gasteiger partial charge in [0.25, 0.3) is 5.91 Å². The van der Waals surface area contributed by atoms with Gasteiger partial charge in [0.05, 0.1) is 24.6 Å². The summed E-state index contributed by atoms with van der Waals surface area (Å²) in [5, 5.41) is 3.04. The summed E-state index contributed by atoms with van der Waals surface area (Å²) in [7, 11) is 1.58. The van der Waals surface area contributed by atoms with Crippen molar-refractivity contribution in [2.45, 2.75) is 32.8 Å². The third kappa shape index (κ3) is 4.10. The molecule has 0 aromatic heterocycles. The molecule has 0 radical (unpaired) electrons. The fourth-order valence-electron chi connectivity index (χ4n) is 3.17. The van der Waals surface area contributed by atoms with E-state index in [1.165, 1.54) is 12.8 Å². The molecular weight excluding hydrogens is 328 g/mol. The SMILES string of the molecule is COc1cc(C(=O)Nc2ccccc2N2CCCC2)ccc1OC(C)C. The number of carbonyl (C=O) groups is 1. The normalized spacial score (nSPS) is 13.8. The van der Waals surface area contributed by atoms with Gasteiger partial charge in [-0.3, -0.25) is 4.79 Å². The van der Waals surface area contributed by atoms with Crippen molar-refractivity contribution in [3.63, 3.8) is 0 Å². The Hall–Kier alpha value is -2.69. The number of nitrogens with one attached hydrogen (secondary N) is 1. The van der Waals surface area contributed by atoms with Crippen LogP contribution >= 0.6 is 0 Å². The second-order valence-electron chi connectivity index (χ2n) is 6.70. The summed E-state index contributed by atoms with van der Waals surface area (Å²) in [5.41, 5.74) is 2.44. The zero-order valence-electron chi connectivity index (χ0n) is 15.6. The lowest BCUT2D eigenvalue weighted by Gasteiger charge is -2.21. The predicted octanol–water partition coefficient (Wildman–Crippen LogP) is 4.33. The van der Waals surface area contributed by atoms with Crippen LogP contribution in [0, 0.1) is 0 Å². The van der Waals surface area contributed by atoms with Gasteiger partial charge in [0.15, 0.2) is 11.5 Å². The van der Waals surface area contributed by atoms with Crippen molar-refractivity contribution < 1.29 is 14.3 Å². The second kappa shape index (κ2) is 8.13. The van der Waals surface area contributed by atoms with E-state index in [4.69, 9.17) is 9.47 Å². The number of ether oxygens (including phenoxy) is 2. The molecule has 1 saturated heterocycles. The van der Waals surface area contributed by atoms with E-state index >= 15 is 0 Å². The second-order valence-corrected chi connectivity index (χ2v) is 6.70. The van der Waals surface area contributed by atoms with Gasteiger partial charge in [-0.05, 0) is 57.0 Å². The highest BCUT2D eigenvalue weighted by Crippen LogP contribution is 2.31. The van der Waals surface area contributed by atoms with Gasteiger partial charge in [0.1, 0.15) is 0 Å². The molecule has 0 atom stereocenters. The number of nitrogens with zero attached hydrogens (tertiary/aromatic N) is 1. The predicted molar refractivity (Wildman–Crippen MR) is 105 cm³/mol. The van der Waals surface area contributed by atoms with Crippen molar-refractivity contribution in [3.8, 4) is 11.5 Å². The summed E-state index contributed by atoms with van der Waals surface area (Å²) in [4.78, 5) is 15.1. The van der Waals surface area contributed by atoms with Gasteiger partial charge >= 0.3 is 0 Å². The molecule has 5 nitrogen and oxygen atoms in total. The molecular formula is C21H26N2O3. The molecule has 1 fully saturated rings. The van der Waals surface area contributed by atoms with Crippen LogP contribution in [0.4, 0.5) is 11.4 Å². The summed E-state index contributed by atoms with van der Waals surface area (Å²) in [6, 6.07) is 13.2. The molecule has 0 spiro atoms. The van der Waals surface area contributed by atoms with Crippen LogP contribution in [0.2, 0.25) is 0 Å². The molecule has 0 bridgehead atoms. The molecule has 1 amide bonds. The number of rotatable bonds is 6. The van der Waals surface area contributed by atoms with Crippen LogP contribution in [0.25, 0.3) is 0 Å². The van der Waals surface area contributed by atoms with E-state index in [1.807, 2.05) is 32.0 Å². The summed E-state index contributed by atoms with van der Waals surface area (Å²) in [5.74, 6) is 1.03. The molecule has 1 aliphatic rings. The largest absolute Gasteiger partial charge is 0.493 e. The van der Waals surface area contributed by atoms with E-state index in [2.05, 4.69) is 16.3 Å². The first-order valence-corrected chi connectivity index (χ1v) is 9.08. The van der Waals surface area contributed by atoms with Crippen LogP contribution in [0.3, 0.4) is 0 Å². The number of anilines is 2. The van der Waals surface area contributed by atoms with E-state index < -0.39 is 0 Å². The minimum atomic E-state index is -0.161. The van der Waals surface area contributed by atoms with Gasteiger partial charge in [-0.25, -0.2) is 0 Å². The van der Waals surface area contributed by atoms with E-state index in [0.29, 0.717) is 17.1 Å². The van der Waals surface area contributed by atoms with Gasteiger partial charge in [-0.1, -0.05) is 12.1 Å². The van der Waals surface area contributed by atoms with Crippen LogP contribution in [0.15, 0.2) is 42.5 Å². The zero-order chi connectivity index (χ0) is 18.5. The Kier molecular flexibility index (Phi) is 5.66. The molecule has 0 saturated carbocycles. The molecule has 5 heteroatoms. The van der Waals surface area contributed by atoms with Gasteiger partial charge in [0, 0.05) is 18.7 Å². The lowest BCUT2D eigenvalue weighted by Crippen LogP contribution is -2.21. The zero-order valence-corrected chi connectivity index (χ0v) is 15.6. The molecule has 1 aliphatic heterocycles. The third-order valence-corrected chi connectivity index (χ3v) is 4.39.